The number of benzene rings is 2. The van der Waals surface area contributed by atoms with Crippen molar-refractivity contribution in [3.8, 4) is 0 Å². The first kappa shape index (κ1) is 24.0. The molecule has 2 aromatic carbocycles. The zero-order valence-corrected chi connectivity index (χ0v) is 21.0. The van der Waals surface area contributed by atoms with Gasteiger partial charge in [-0.1, -0.05) is 24.3 Å². The Morgan fingerprint density at radius 1 is 0.889 bits per heavy atom. The number of rotatable bonds is 8. The summed E-state index contributed by atoms with van der Waals surface area (Å²) in [5.74, 6) is 1.90. The Morgan fingerprint density at radius 2 is 1.61 bits per heavy atom. The van der Waals surface area contributed by atoms with Gasteiger partial charge in [0.05, 0.1) is 5.52 Å². The smallest absolute Gasteiger partial charge is 0.227 e. The topological polar surface area (TPSA) is 99.3 Å². The van der Waals surface area contributed by atoms with Gasteiger partial charge < -0.3 is 20.9 Å². The molecule has 0 saturated heterocycles. The Labute approximate surface area is 211 Å². The van der Waals surface area contributed by atoms with Crippen LogP contribution in [0.15, 0.2) is 48.5 Å². The van der Waals surface area contributed by atoms with Crippen molar-refractivity contribution in [2.45, 2.75) is 51.1 Å². The van der Waals surface area contributed by atoms with Gasteiger partial charge >= 0.3 is 0 Å². The normalized spacial score (nSPS) is 19.5. The number of nitrogens with zero attached hydrogens (tertiary/aromatic N) is 3. The SMILES string of the molecule is CN(C)c1nc(NC2CCC(C(=O)NCc3cccc(NC(=O)C4CC4)c3)CC2)nc2ccccc12. The number of fused-ring (bicyclic) bond motifs is 1. The van der Waals surface area contributed by atoms with Gasteiger partial charge in [-0.25, -0.2) is 4.98 Å². The van der Waals surface area contributed by atoms with Crippen molar-refractivity contribution in [1.29, 1.82) is 0 Å². The zero-order valence-electron chi connectivity index (χ0n) is 21.0. The maximum absolute atomic E-state index is 12.8. The van der Waals surface area contributed by atoms with Gasteiger partial charge in [-0.15, -0.1) is 0 Å². The summed E-state index contributed by atoms with van der Waals surface area (Å²) in [5, 5.41) is 10.6. The summed E-state index contributed by atoms with van der Waals surface area (Å²) in [6, 6.07) is 16.0. The predicted octanol–water partition coefficient (Wildman–Crippen LogP) is 4.33. The first-order valence-electron chi connectivity index (χ1n) is 12.8. The number of hydrogen-bond acceptors (Lipinski definition) is 6. The summed E-state index contributed by atoms with van der Waals surface area (Å²) in [7, 11) is 3.98. The molecule has 3 N–H and O–H groups in total. The number of anilines is 3. The summed E-state index contributed by atoms with van der Waals surface area (Å²) < 4.78 is 0. The highest BCUT2D eigenvalue weighted by molar-refractivity contribution is 5.94. The molecule has 2 aliphatic carbocycles. The molecule has 1 heterocycles. The van der Waals surface area contributed by atoms with Crippen molar-refractivity contribution in [1.82, 2.24) is 15.3 Å². The van der Waals surface area contributed by atoms with Crippen molar-refractivity contribution < 1.29 is 9.59 Å². The van der Waals surface area contributed by atoms with Crippen LogP contribution in [0.1, 0.15) is 44.1 Å². The van der Waals surface area contributed by atoms with E-state index >= 15 is 0 Å². The highest BCUT2D eigenvalue weighted by Gasteiger charge is 2.29. The molecule has 0 bridgehead atoms. The maximum Gasteiger partial charge on any atom is 0.227 e. The Hall–Kier alpha value is -3.68. The standard InChI is InChI=1S/C28H34N6O2/c1-34(2)25-23-8-3-4-9-24(23)32-28(33-25)31-21-14-12-19(13-15-21)26(35)29-17-18-6-5-7-22(16-18)30-27(36)20-10-11-20/h3-9,16,19-21H,10-15,17H2,1-2H3,(H,29,35)(H,30,36)(H,31,32,33). The van der Waals surface area contributed by atoms with Gasteiger partial charge in [0.15, 0.2) is 0 Å². The van der Waals surface area contributed by atoms with Gasteiger partial charge in [-0.2, -0.15) is 4.98 Å². The van der Waals surface area contributed by atoms with E-state index in [-0.39, 0.29) is 29.7 Å². The van der Waals surface area contributed by atoms with E-state index in [1.807, 2.05) is 67.5 Å². The molecule has 36 heavy (non-hydrogen) atoms. The number of amides is 2. The lowest BCUT2D eigenvalue weighted by Crippen LogP contribution is -2.36. The van der Waals surface area contributed by atoms with Crippen molar-refractivity contribution >= 4 is 40.2 Å². The van der Waals surface area contributed by atoms with Crippen LogP contribution in [0, 0.1) is 11.8 Å². The van der Waals surface area contributed by atoms with Crippen LogP contribution in [0.3, 0.4) is 0 Å². The van der Waals surface area contributed by atoms with Crippen molar-refractivity contribution in [3.05, 3.63) is 54.1 Å². The van der Waals surface area contributed by atoms with E-state index in [1.54, 1.807) is 0 Å². The second-order valence-electron chi connectivity index (χ2n) is 10.2. The monoisotopic (exact) mass is 486 g/mol. The number of para-hydroxylation sites is 1. The predicted molar refractivity (Wildman–Crippen MR) is 143 cm³/mol. The molecule has 0 atom stereocenters. The van der Waals surface area contributed by atoms with E-state index in [0.717, 1.165) is 66.5 Å². The largest absolute Gasteiger partial charge is 0.362 e. The maximum atomic E-state index is 12.8. The quantitative estimate of drug-likeness (QED) is 0.438. The average molecular weight is 487 g/mol. The summed E-state index contributed by atoms with van der Waals surface area (Å²) in [4.78, 5) is 36.3. The van der Waals surface area contributed by atoms with Crippen LogP contribution in [-0.4, -0.2) is 41.9 Å². The van der Waals surface area contributed by atoms with Gasteiger partial charge in [0.2, 0.25) is 17.8 Å². The Kier molecular flexibility index (Phi) is 7.02. The molecule has 2 saturated carbocycles. The summed E-state index contributed by atoms with van der Waals surface area (Å²) in [6.07, 6.45) is 5.41. The highest BCUT2D eigenvalue weighted by atomic mass is 16.2. The fraction of sp³-hybridized carbons (Fsp3) is 0.429. The number of hydrogen-bond donors (Lipinski definition) is 3. The molecule has 2 fully saturated rings. The molecule has 8 heteroatoms. The molecule has 0 spiro atoms. The third-order valence-corrected chi connectivity index (χ3v) is 7.05. The lowest BCUT2D eigenvalue weighted by atomic mass is 9.85. The minimum atomic E-state index is 0.00987. The first-order chi connectivity index (χ1) is 17.5. The molecule has 1 aromatic heterocycles. The van der Waals surface area contributed by atoms with Crippen LogP contribution in [0.4, 0.5) is 17.5 Å². The number of nitrogens with one attached hydrogen (secondary N) is 3. The van der Waals surface area contributed by atoms with Crippen molar-refractivity contribution in [3.63, 3.8) is 0 Å². The van der Waals surface area contributed by atoms with Crippen LogP contribution in [0.25, 0.3) is 10.9 Å². The number of carbonyl (C=O) groups excluding carboxylic acids is 2. The minimum absolute atomic E-state index is 0.00987. The summed E-state index contributed by atoms with van der Waals surface area (Å²) in [6.45, 7) is 0.461. The summed E-state index contributed by atoms with van der Waals surface area (Å²) in [5.41, 5.74) is 2.69. The first-order valence-corrected chi connectivity index (χ1v) is 12.8. The average Bonchev–Trinajstić information content (AvgIpc) is 3.73. The molecule has 2 amide bonds. The number of carbonyl (C=O) groups is 2. The molecule has 5 rings (SSSR count). The van der Waals surface area contributed by atoms with Crippen molar-refractivity contribution in [2.24, 2.45) is 11.8 Å². The van der Waals surface area contributed by atoms with Gasteiger partial charge in [0, 0.05) is 49.6 Å². The van der Waals surface area contributed by atoms with Crippen LogP contribution in [0.5, 0.6) is 0 Å². The lowest BCUT2D eigenvalue weighted by Gasteiger charge is -2.28. The molecular weight excluding hydrogens is 452 g/mol. The van der Waals surface area contributed by atoms with E-state index in [0.29, 0.717) is 12.5 Å². The molecule has 2 aliphatic rings. The summed E-state index contributed by atoms with van der Waals surface area (Å²) >= 11 is 0. The Balaban J connectivity index is 1.12. The molecule has 188 valence electrons. The van der Waals surface area contributed by atoms with E-state index in [2.05, 4.69) is 16.0 Å². The second kappa shape index (κ2) is 10.5. The van der Waals surface area contributed by atoms with Crippen LogP contribution >= 0.6 is 0 Å². The van der Waals surface area contributed by atoms with Gasteiger partial charge in [-0.05, 0) is 68.4 Å². The van der Waals surface area contributed by atoms with Crippen LogP contribution in [-0.2, 0) is 16.1 Å². The van der Waals surface area contributed by atoms with E-state index in [9.17, 15) is 9.59 Å². The Morgan fingerprint density at radius 3 is 2.36 bits per heavy atom. The Bertz CT molecular complexity index is 1250. The van der Waals surface area contributed by atoms with Gasteiger partial charge in [-0.3, -0.25) is 9.59 Å². The minimum Gasteiger partial charge on any atom is -0.362 e. The second-order valence-corrected chi connectivity index (χ2v) is 10.2. The zero-order chi connectivity index (χ0) is 25.1. The number of aromatic nitrogens is 2. The van der Waals surface area contributed by atoms with E-state index in [1.165, 1.54) is 0 Å². The molecule has 3 aromatic rings. The molecule has 0 aliphatic heterocycles. The van der Waals surface area contributed by atoms with Crippen molar-refractivity contribution in [2.75, 3.05) is 29.6 Å². The van der Waals surface area contributed by atoms with Gasteiger partial charge in [0.25, 0.3) is 0 Å². The molecule has 0 radical (unpaired) electrons. The fourth-order valence-corrected chi connectivity index (χ4v) is 4.83. The van der Waals surface area contributed by atoms with Crippen LogP contribution < -0.4 is 20.9 Å². The van der Waals surface area contributed by atoms with Crippen LogP contribution in [0.2, 0.25) is 0 Å². The molecule has 8 nitrogen and oxygen atoms in total. The van der Waals surface area contributed by atoms with E-state index < -0.39 is 0 Å². The van der Waals surface area contributed by atoms with Gasteiger partial charge in [0.1, 0.15) is 5.82 Å². The third kappa shape index (κ3) is 5.75. The molecule has 0 unspecified atom stereocenters. The fourth-order valence-electron chi connectivity index (χ4n) is 4.83. The lowest BCUT2D eigenvalue weighted by molar-refractivity contribution is -0.126. The van der Waals surface area contributed by atoms with E-state index in [4.69, 9.17) is 9.97 Å². The highest BCUT2D eigenvalue weighted by Crippen LogP contribution is 2.31. The molecular formula is C28H34N6O2. The third-order valence-electron chi connectivity index (χ3n) is 7.05.